The van der Waals surface area contributed by atoms with Crippen molar-refractivity contribution >= 4 is 17.6 Å². The minimum Gasteiger partial charge on any atom is -0.369 e. The third-order valence-electron chi connectivity index (χ3n) is 7.27. The van der Waals surface area contributed by atoms with Crippen molar-refractivity contribution in [3.05, 3.63) is 11.8 Å². The molecule has 1 aromatic heterocycles. The second-order valence-electron chi connectivity index (χ2n) is 8.80. The molecule has 0 aliphatic heterocycles. The minimum absolute atomic E-state index is 0.102. The molecule has 3 N–H and O–H groups in total. The van der Waals surface area contributed by atoms with Gasteiger partial charge in [-0.25, -0.2) is 0 Å². The number of nitrogens with two attached hydrogens (primary N) is 1. The lowest BCUT2D eigenvalue weighted by Crippen LogP contribution is -2.62. The van der Waals surface area contributed by atoms with Gasteiger partial charge in [0.2, 0.25) is 5.91 Å². The Hall–Kier alpha value is -2.05. The van der Waals surface area contributed by atoms with Crippen LogP contribution >= 0.6 is 0 Å². The highest BCUT2D eigenvalue weighted by atomic mass is 16.2. The number of aromatic nitrogens is 2. The lowest BCUT2D eigenvalue weighted by Gasteiger charge is -2.58. The molecule has 0 aromatic carbocycles. The van der Waals surface area contributed by atoms with E-state index in [1.54, 1.807) is 4.68 Å². The molecular weight excluding hydrogens is 342 g/mol. The highest BCUT2D eigenvalue weighted by Gasteiger charge is 2.58. The van der Waals surface area contributed by atoms with Crippen molar-refractivity contribution in [2.75, 3.05) is 18.0 Å². The molecule has 1 aromatic rings. The third-order valence-corrected chi connectivity index (χ3v) is 7.27. The van der Waals surface area contributed by atoms with Crippen LogP contribution in [0.4, 0.5) is 5.82 Å². The summed E-state index contributed by atoms with van der Waals surface area (Å²) < 4.78 is 1.78. The number of primary amides is 1. The van der Waals surface area contributed by atoms with Crippen LogP contribution in [0.2, 0.25) is 0 Å². The molecule has 4 aliphatic rings. The Kier molecular flexibility index (Phi) is 4.43. The van der Waals surface area contributed by atoms with Crippen molar-refractivity contribution in [2.45, 2.75) is 52.0 Å². The Morgan fingerprint density at radius 3 is 2.44 bits per heavy atom. The summed E-state index contributed by atoms with van der Waals surface area (Å²) in [5, 5.41) is 7.71. The van der Waals surface area contributed by atoms with Crippen molar-refractivity contribution in [1.82, 2.24) is 15.1 Å². The number of nitrogens with one attached hydrogen (secondary N) is 1. The first-order valence-electron chi connectivity index (χ1n) is 10.3. The smallest absolute Gasteiger partial charge is 0.272 e. The summed E-state index contributed by atoms with van der Waals surface area (Å²) in [5.41, 5.74) is 5.91. The predicted molar refractivity (Wildman–Crippen MR) is 103 cm³/mol. The fourth-order valence-electron chi connectivity index (χ4n) is 6.20. The van der Waals surface area contributed by atoms with Crippen LogP contribution in [0, 0.1) is 23.2 Å². The maximum atomic E-state index is 12.9. The van der Waals surface area contributed by atoms with E-state index in [1.165, 1.54) is 0 Å². The molecule has 5 rings (SSSR count). The second-order valence-corrected chi connectivity index (χ2v) is 8.80. The number of carbonyl (C=O) groups is 2. The normalized spacial score (nSPS) is 33.9. The van der Waals surface area contributed by atoms with Crippen LogP contribution in [0.1, 0.15) is 56.4 Å². The summed E-state index contributed by atoms with van der Waals surface area (Å²) in [7, 11) is 1.88. The van der Waals surface area contributed by atoms with Gasteiger partial charge in [0.25, 0.3) is 5.91 Å². The highest BCUT2D eigenvalue weighted by Crippen LogP contribution is 2.59. The molecule has 2 unspecified atom stereocenters. The number of hydrogen-bond acceptors (Lipinski definition) is 4. The molecule has 1 heterocycles. The van der Waals surface area contributed by atoms with Crippen LogP contribution in [0.5, 0.6) is 0 Å². The summed E-state index contributed by atoms with van der Waals surface area (Å²) in [6, 6.07) is 2.02. The average molecular weight is 374 g/mol. The molecule has 4 bridgehead atoms. The van der Waals surface area contributed by atoms with Gasteiger partial charge in [-0.3, -0.25) is 14.3 Å². The van der Waals surface area contributed by atoms with Crippen LogP contribution in [-0.2, 0) is 11.8 Å². The third kappa shape index (κ3) is 2.91. The zero-order chi connectivity index (χ0) is 19.3. The van der Waals surface area contributed by atoms with Crippen molar-refractivity contribution < 1.29 is 9.59 Å². The number of rotatable bonds is 6. The molecule has 4 saturated carbocycles. The molecule has 7 nitrogen and oxygen atoms in total. The largest absolute Gasteiger partial charge is 0.369 e. The van der Waals surface area contributed by atoms with Crippen molar-refractivity contribution in [1.29, 1.82) is 0 Å². The van der Waals surface area contributed by atoms with Crippen LogP contribution in [0.3, 0.4) is 0 Å². The van der Waals surface area contributed by atoms with Gasteiger partial charge in [-0.2, -0.15) is 5.10 Å². The molecule has 7 heteroatoms. The number of nitrogens with zero attached hydrogens (tertiary/aromatic N) is 3. The Morgan fingerprint density at radius 1 is 1.26 bits per heavy atom. The molecule has 0 radical (unpaired) electrons. The van der Waals surface area contributed by atoms with Gasteiger partial charge >= 0.3 is 0 Å². The quantitative estimate of drug-likeness (QED) is 0.793. The maximum Gasteiger partial charge on any atom is 0.272 e. The van der Waals surface area contributed by atoms with E-state index in [2.05, 4.69) is 29.2 Å². The average Bonchev–Trinajstić information content (AvgIpc) is 3.00. The maximum absolute atomic E-state index is 12.9. The molecule has 4 aliphatic carbocycles. The van der Waals surface area contributed by atoms with Gasteiger partial charge in [0.1, 0.15) is 5.82 Å². The minimum atomic E-state index is -0.321. The van der Waals surface area contributed by atoms with Crippen molar-refractivity contribution in [3.8, 4) is 0 Å². The Labute approximate surface area is 160 Å². The predicted octanol–water partition coefficient (Wildman–Crippen LogP) is 1.68. The van der Waals surface area contributed by atoms with E-state index in [0.29, 0.717) is 23.4 Å². The van der Waals surface area contributed by atoms with Crippen molar-refractivity contribution in [2.24, 2.45) is 36.0 Å². The van der Waals surface area contributed by atoms with Gasteiger partial charge in [-0.05, 0) is 63.7 Å². The molecule has 4 fully saturated rings. The zero-order valence-electron chi connectivity index (χ0n) is 16.6. The van der Waals surface area contributed by atoms with E-state index in [4.69, 9.17) is 5.73 Å². The van der Waals surface area contributed by atoms with E-state index in [-0.39, 0.29) is 23.3 Å². The van der Waals surface area contributed by atoms with Crippen molar-refractivity contribution in [3.63, 3.8) is 0 Å². The number of aryl methyl sites for hydroxylation is 1. The Bertz CT molecular complexity index is 738. The summed E-state index contributed by atoms with van der Waals surface area (Å²) >= 11 is 0. The number of hydrogen-bond donors (Lipinski definition) is 2. The molecule has 27 heavy (non-hydrogen) atoms. The van der Waals surface area contributed by atoms with E-state index in [1.807, 2.05) is 13.1 Å². The van der Waals surface area contributed by atoms with E-state index >= 15 is 0 Å². The molecule has 2 amide bonds. The van der Waals surface area contributed by atoms with Gasteiger partial charge in [0.05, 0.1) is 0 Å². The van der Waals surface area contributed by atoms with E-state index in [9.17, 15) is 9.59 Å². The van der Waals surface area contributed by atoms with E-state index in [0.717, 1.165) is 51.0 Å². The van der Waals surface area contributed by atoms with Gasteiger partial charge in [0.15, 0.2) is 5.69 Å². The SMILES string of the molecule is CCN(CC)c1cc(C(=O)NC2C3CC4CC2CC(C(N)=O)(C4)C3)nn1C. The first-order chi connectivity index (χ1) is 12.9. The Balaban J connectivity index is 1.50. The van der Waals surface area contributed by atoms with Crippen LogP contribution in [0.25, 0.3) is 0 Å². The van der Waals surface area contributed by atoms with Crippen LogP contribution in [0.15, 0.2) is 6.07 Å². The summed E-state index contributed by atoms with van der Waals surface area (Å²) in [6.45, 7) is 5.94. The topological polar surface area (TPSA) is 93.2 Å². The molecule has 2 atom stereocenters. The molecule has 0 saturated heterocycles. The van der Waals surface area contributed by atoms with Gasteiger partial charge < -0.3 is 16.0 Å². The van der Waals surface area contributed by atoms with Crippen LogP contribution in [-0.4, -0.2) is 40.7 Å². The highest BCUT2D eigenvalue weighted by molar-refractivity contribution is 5.93. The van der Waals surface area contributed by atoms with Crippen LogP contribution < -0.4 is 16.0 Å². The lowest BCUT2D eigenvalue weighted by atomic mass is 9.47. The first kappa shape index (κ1) is 18.3. The summed E-state index contributed by atoms with van der Waals surface area (Å²) in [6.07, 6.45) is 4.80. The fraction of sp³-hybridized carbons (Fsp3) is 0.750. The summed E-state index contributed by atoms with van der Waals surface area (Å²) in [4.78, 5) is 27.2. The standard InChI is InChI=1S/C20H31N5O2/c1-4-25(5-2)16-8-15(23-24(16)3)18(26)22-17-13-6-12-7-14(17)11-20(9-12,10-13)19(21)27/h8,12-14,17H,4-7,9-11H2,1-3H3,(H2,21,27)(H,22,26). The van der Waals surface area contributed by atoms with Gasteiger partial charge in [-0.15, -0.1) is 0 Å². The monoisotopic (exact) mass is 373 g/mol. The fourth-order valence-corrected chi connectivity index (χ4v) is 6.20. The molecular formula is C20H31N5O2. The molecule has 0 spiro atoms. The number of carbonyl (C=O) groups excluding carboxylic acids is 2. The first-order valence-corrected chi connectivity index (χ1v) is 10.3. The Morgan fingerprint density at radius 2 is 1.89 bits per heavy atom. The zero-order valence-corrected chi connectivity index (χ0v) is 16.6. The lowest BCUT2D eigenvalue weighted by molar-refractivity contribution is -0.145. The van der Waals surface area contributed by atoms with Gasteiger partial charge in [-0.1, -0.05) is 0 Å². The summed E-state index contributed by atoms with van der Waals surface area (Å²) in [5.74, 6) is 2.03. The van der Waals surface area contributed by atoms with Gasteiger partial charge in [0, 0.05) is 37.7 Å². The molecule has 148 valence electrons. The van der Waals surface area contributed by atoms with E-state index < -0.39 is 0 Å². The number of amides is 2. The number of anilines is 1. The second kappa shape index (κ2) is 6.53.